The molecule has 3 heterocycles. The first-order valence-corrected chi connectivity index (χ1v) is 9.50. The molecule has 4 rings (SSSR count). The summed E-state index contributed by atoms with van der Waals surface area (Å²) in [6.45, 7) is 6.94. The van der Waals surface area contributed by atoms with Gasteiger partial charge in [0.15, 0.2) is 0 Å². The fourth-order valence-electron chi connectivity index (χ4n) is 3.22. The third-order valence-corrected chi connectivity index (χ3v) is 4.81. The molecule has 0 bridgehead atoms. The molecule has 1 unspecified atom stereocenters. The monoisotopic (exact) mass is 425 g/mol. The molecule has 2 aliphatic rings. The Morgan fingerprint density at radius 3 is 2.78 bits per heavy atom. The molecule has 0 radical (unpaired) electrons. The molecule has 1 aromatic heterocycles. The molecule has 0 saturated heterocycles. The van der Waals surface area contributed by atoms with E-state index in [1.807, 2.05) is 24.3 Å². The molecule has 0 aliphatic carbocycles. The van der Waals surface area contributed by atoms with E-state index in [1.54, 1.807) is 6.20 Å². The van der Waals surface area contributed by atoms with E-state index in [1.165, 1.54) is 0 Å². The van der Waals surface area contributed by atoms with Crippen molar-refractivity contribution in [1.82, 2.24) is 4.98 Å². The second kappa shape index (κ2) is 6.36. The fourth-order valence-corrected chi connectivity index (χ4v) is 3.55. The molecular weight excluding hydrogens is 406 g/mol. The van der Waals surface area contributed by atoms with Crippen LogP contribution >= 0.6 is 15.9 Å². The number of rotatable bonds is 0. The van der Waals surface area contributed by atoms with Gasteiger partial charge in [-0.3, -0.25) is 4.99 Å². The molecule has 2 N–H and O–H groups in total. The zero-order valence-electron chi connectivity index (χ0n) is 15.5. The van der Waals surface area contributed by atoms with Crippen molar-refractivity contribution in [3.05, 3.63) is 51.6 Å². The van der Waals surface area contributed by atoms with E-state index < -0.39 is 5.54 Å². The van der Waals surface area contributed by atoms with E-state index in [0.717, 1.165) is 21.2 Å². The Labute approximate surface area is 167 Å². The number of nitrogens with two attached hydrogens (primary N) is 1. The Balaban J connectivity index is 1.94. The number of ether oxygens (including phenoxy) is 2. The molecule has 0 fully saturated rings. The summed E-state index contributed by atoms with van der Waals surface area (Å²) in [7, 11) is 0. The Morgan fingerprint density at radius 2 is 2.04 bits per heavy atom. The van der Waals surface area contributed by atoms with E-state index in [-0.39, 0.29) is 5.41 Å². The van der Waals surface area contributed by atoms with Crippen molar-refractivity contribution in [2.24, 2.45) is 16.1 Å². The summed E-state index contributed by atoms with van der Waals surface area (Å²) in [4.78, 5) is 9.25. The number of halogens is 1. The molecule has 1 spiro atoms. The minimum absolute atomic E-state index is 0.0813. The van der Waals surface area contributed by atoms with Crippen LogP contribution in [0.4, 0.5) is 0 Å². The molecule has 138 valence electrons. The van der Waals surface area contributed by atoms with Gasteiger partial charge in [0.25, 0.3) is 0 Å². The zero-order chi connectivity index (χ0) is 19.2. The Hall–Kier alpha value is -2.36. The van der Waals surface area contributed by atoms with Gasteiger partial charge < -0.3 is 15.2 Å². The van der Waals surface area contributed by atoms with Gasteiger partial charge in [-0.1, -0.05) is 11.8 Å². The van der Waals surface area contributed by atoms with Crippen LogP contribution in [0.15, 0.2) is 39.9 Å². The molecule has 1 atom stereocenters. The van der Waals surface area contributed by atoms with Crippen LogP contribution in [0, 0.1) is 17.3 Å². The van der Waals surface area contributed by atoms with Crippen molar-refractivity contribution < 1.29 is 9.47 Å². The SMILES string of the molecule is CC(C)(C)C#Cc1ccc2c(c1)C1(COCC(N)=N1)c1cc(Br)cnc1O2. The first-order valence-electron chi connectivity index (χ1n) is 8.70. The lowest BCUT2D eigenvalue weighted by Crippen LogP contribution is -2.42. The largest absolute Gasteiger partial charge is 0.438 e. The van der Waals surface area contributed by atoms with E-state index in [2.05, 4.69) is 53.5 Å². The second-order valence-electron chi connectivity index (χ2n) is 7.78. The smallest absolute Gasteiger partial charge is 0.225 e. The summed E-state index contributed by atoms with van der Waals surface area (Å²) in [6.07, 6.45) is 1.71. The summed E-state index contributed by atoms with van der Waals surface area (Å²) in [5.41, 5.74) is 7.81. The summed E-state index contributed by atoms with van der Waals surface area (Å²) < 4.78 is 12.7. The third-order valence-electron chi connectivity index (χ3n) is 4.37. The average molecular weight is 426 g/mol. The summed E-state index contributed by atoms with van der Waals surface area (Å²) >= 11 is 3.50. The summed E-state index contributed by atoms with van der Waals surface area (Å²) in [6, 6.07) is 7.84. The molecular formula is C21H20BrN3O2. The van der Waals surface area contributed by atoms with Crippen molar-refractivity contribution in [2.45, 2.75) is 26.3 Å². The van der Waals surface area contributed by atoms with Crippen LogP contribution in [0.5, 0.6) is 11.6 Å². The van der Waals surface area contributed by atoms with Crippen LogP contribution in [0.3, 0.4) is 0 Å². The lowest BCUT2D eigenvalue weighted by molar-refractivity contribution is 0.109. The van der Waals surface area contributed by atoms with Gasteiger partial charge in [-0.15, -0.1) is 0 Å². The number of benzene rings is 1. The predicted molar refractivity (Wildman–Crippen MR) is 108 cm³/mol. The van der Waals surface area contributed by atoms with Crippen molar-refractivity contribution in [3.8, 4) is 23.5 Å². The highest BCUT2D eigenvalue weighted by molar-refractivity contribution is 9.10. The highest BCUT2D eigenvalue weighted by Crippen LogP contribution is 2.50. The van der Waals surface area contributed by atoms with Crippen molar-refractivity contribution >= 4 is 21.8 Å². The average Bonchev–Trinajstić information content (AvgIpc) is 2.61. The first kappa shape index (κ1) is 18.0. The van der Waals surface area contributed by atoms with Gasteiger partial charge >= 0.3 is 0 Å². The fraction of sp³-hybridized carbons (Fsp3) is 0.333. The van der Waals surface area contributed by atoms with Crippen LogP contribution in [-0.2, 0) is 10.3 Å². The second-order valence-corrected chi connectivity index (χ2v) is 8.69. The number of pyridine rings is 1. The van der Waals surface area contributed by atoms with Crippen molar-refractivity contribution in [3.63, 3.8) is 0 Å². The Morgan fingerprint density at radius 1 is 1.22 bits per heavy atom. The minimum Gasteiger partial charge on any atom is -0.438 e. The number of nitrogens with zero attached hydrogens (tertiary/aromatic N) is 2. The number of aliphatic imine (C=N–C) groups is 1. The molecule has 1 aromatic carbocycles. The van der Waals surface area contributed by atoms with Gasteiger partial charge in [0.1, 0.15) is 23.7 Å². The number of hydrogen-bond acceptors (Lipinski definition) is 5. The lowest BCUT2D eigenvalue weighted by atomic mass is 9.81. The molecule has 0 amide bonds. The third kappa shape index (κ3) is 3.33. The van der Waals surface area contributed by atoms with Crippen LogP contribution in [0.2, 0.25) is 0 Å². The number of fused-ring (bicyclic) bond motifs is 4. The highest BCUT2D eigenvalue weighted by Gasteiger charge is 2.45. The van der Waals surface area contributed by atoms with E-state index in [9.17, 15) is 0 Å². The Kier molecular flexibility index (Phi) is 4.25. The van der Waals surface area contributed by atoms with Gasteiger partial charge in [0, 0.05) is 27.2 Å². The maximum atomic E-state index is 6.07. The van der Waals surface area contributed by atoms with Crippen LogP contribution in [0.1, 0.15) is 37.5 Å². The first-order chi connectivity index (χ1) is 12.8. The maximum absolute atomic E-state index is 6.07. The zero-order valence-corrected chi connectivity index (χ0v) is 17.1. The van der Waals surface area contributed by atoms with Gasteiger partial charge in [0.2, 0.25) is 5.88 Å². The molecule has 2 aliphatic heterocycles. The summed E-state index contributed by atoms with van der Waals surface area (Å²) in [5.74, 6) is 8.18. The molecule has 27 heavy (non-hydrogen) atoms. The minimum atomic E-state index is -0.790. The molecule has 5 nitrogen and oxygen atoms in total. The van der Waals surface area contributed by atoms with E-state index in [4.69, 9.17) is 20.2 Å². The number of aromatic nitrogens is 1. The van der Waals surface area contributed by atoms with Crippen LogP contribution in [-0.4, -0.2) is 24.0 Å². The van der Waals surface area contributed by atoms with Crippen LogP contribution < -0.4 is 10.5 Å². The number of amidine groups is 1. The Bertz CT molecular complexity index is 1010. The molecule has 6 heteroatoms. The van der Waals surface area contributed by atoms with E-state index in [0.29, 0.717) is 30.7 Å². The van der Waals surface area contributed by atoms with E-state index >= 15 is 0 Å². The maximum Gasteiger partial charge on any atom is 0.225 e. The van der Waals surface area contributed by atoms with Crippen molar-refractivity contribution in [2.75, 3.05) is 13.2 Å². The topological polar surface area (TPSA) is 69.7 Å². The van der Waals surface area contributed by atoms with Crippen molar-refractivity contribution in [1.29, 1.82) is 0 Å². The van der Waals surface area contributed by atoms with Gasteiger partial charge in [-0.2, -0.15) is 0 Å². The van der Waals surface area contributed by atoms with Gasteiger partial charge in [-0.25, -0.2) is 4.98 Å². The summed E-state index contributed by atoms with van der Waals surface area (Å²) in [5, 5.41) is 0. The predicted octanol–water partition coefficient (Wildman–Crippen LogP) is 3.98. The number of hydrogen-bond donors (Lipinski definition) is 1. The normalized spacial score (nSPS) is 20.7. The standard InChI is InChI=1S/C21H20BrN3O2/c1-20(2,3)7-6-13-4-5-17-15(8-13)21(12-26-11-18(23)25-21)16-9-14(22)10-24-19(16)27-17/h4-5,8-10H,11-12H2,1-3H3,(H2,23,25). The van der Waals surface area contributed by atoms with Crippen LogP contribution in [0.25, 0.3) is 0 Å². The molecule has 2 aromatic rings. The van der Waals surface area contributed by atoms with Gasteiger partial charge in [-0.05, 0) is 61.0 Å². The lowest BCUT2D eigenvalue weighted by Gasteiger charge is -2.38. The quantitative estimate of drug-likeness (QED) is 0.648. The highest BCUT2D eigenvalue weighted by atomic mass is 79.9. The molecule has 0 saturated carbocycles. The van der Waals surface area contributed by atoms with Gasteiger partial charge in [0.05, 0.1) is 12.2 Å².